The van der Waals surface area contributed by atoms with E-state index in [0.717, 1.165) is 21.7 Å². The Kier molecular flexibility index (Phi) is 5.28. The molecule has 0 unspecified atom stereocenters. The van der Waals surface area contributed by atoms with Crippen LogP contribution in [-0.2, 0) is 11.3 Å². The third kappa shape index (κ3) is 4.83. The molecule has 0 aromatic heterocycles. The van der Waals surface area contributed by atoms with E-state index in [9.17, 15) is 4.79 Å². The van der Waals surface area contributed by atoms with Gasteiger partial charge >= 0.3 is 0 Å². The Morgan fingerprint density at radius 2 is 1.86 bits per heavy atom. The first kappa shape index (κ1) is 15.4. The van der Waals surface area contributed by atoms with Gasteiger partial charge in [0.05, 0.1) is 5.75 Å². The van der Waals surface area contributed by atoms with Gasteiger partial charge in [0.15, 0.2) is 0 Å². The maximum Gasteiger partial charge on any atom is 0.230 e. The summed E-state index contributed by atoms with van der Waals surface area (Å²) in [6.45, 7) is 4.62. The van der Waals surface area contributed by atoms with Crippen LogP contribution in [0.5, 0.6) is 0 Å². The van der Waals surface area contributed by atoms with Crippen LogP contribution in [0.4, 0.5) is 5.69 Å². The second-order valence-electron chi connectivity index (χ2n) is 5.08. The van der Waals surface area contributed by atoms with Crippen LogP contribution >= 0.6 is 11.8 Å². The predicted molar refractivity (Wildman–Crippen MR) is 89.3 cm³/mol. The van der Waals surface area contributed by atoms with Crippen LogP contribution in [0.3, 0.4) is 0 Å². The van der Waals surface area contributed by atoms with Crippen molar-refractivity contribution < 1.29 is 4.79 Å². The van der Waals surface area contributed by atoms with Crippen LogP contribution in [0, 0.1) is 13.8 Å². The van der Waals surface area contributed by atoms with Crippen LogP contribution in [0.1, 0.15) is 16.7 Å². The van der Waals surface area contributed by atoms with Gasteiger partial charge < -0.3 is 11.1 Å². The van der Waals surface area contributed by atoms with Gasteiger partial charge in [-0.1, -0.05) is 29.8 Å². The number of nitrogens with two attached hydrogens (primary N) is 1. The number of thioether (sulfide) groups is 1. The van der Waals surface area contributed by atoms with E-state index in [1.165, 1.54) is 17.3 Å². The zero-order valence-corrected chi connectivity index (χ0v) is 13.2. The molecule has 2 rings (SSSR count). The van der Waals surface area contributed by atoms with Crippen molar-refractivity contribution >= 4 is 23.4 Å². The first-order chi connectivity index (χ1) is 10.0. The van der Waals surface area contributed by atoms with E-state index < -0.39 is 0 Å². The Balaban J connectivity index is 1.80. The SMILES string of the molecule is Cc1ccc(CNC(=O)CSc2ccc(N)cc2C)cc1. The second kappa shape index (κ2) is 7.18. The lowest BCUT2D eigenvalue weighted by Crippen LogP contribution is -2.24. The Morgan fingerprint density at radius 3 is 2.52 bits per heavy atom. The van der Waals surface area contributed by atoms with Crippen molar-refractivity contribution in [3.05, 3.63) is 59.2 Å². The molecule has 0 bridgehead atoms. The fourth-order valence-electron chi connectivity index (χ4n) is 1.94. The second-order valence-corrected chi connectivity index (χ2v) is 6.09. The molecule has 1 amide bonds. The summed E-state index contributed by atoms with van der Waals surface area (Å²) >= 11 is 1.53. The third-order valence-corrected chi connectivity index (χ3v) is 4.34. The summed E-state index contributed by atoms with van der Waals surface area (Å²) in [5.74, 6) is 0.452. The summed E-state index contributed by atoms with van der Waals surface area (Å²) in [7, 11) is 0. The smallest absolute Gasteiger partial charge is 0.230 e. The first-order valence-corrected chi connectivity index (χ1v) is 7.84. The van der Waals surface area contributed by atoms with Gasteiger partial charge in [-0.15, -0.1) is 11.8 Å². The Hall–Kier alpha value is -1.94. The molecule has 3 nitrogen and oxygen atoms in total. The largest absolute Gasteiger partial charge is 0.399 e. The van der Waals surface area contributed by atoms with Gasteiger partial charge in [0.1, 0.15) is 0 Å². The molecular weight excluding hydrogens is 280 g/mol. The maximum atomic E-state index is 11.9. The highest BCUT2D eigenvalue weighted by Gasteiger charge is 2.05. The van der Waals surface area contributed by atoms with E-state index >= 15 is 0 Å². The van der Waals surface area contributed by atoms with Crippen LogP contribution < -0.4 is 11.1 Å². The van der Waals surface area contributed by atoms with Crippen molar-refractivity contribution in [1.82, 2.24) is 5.32 Å². The van der Waals surface area contributed by atoms with Crippen LogP contribution in [0.25, 0.3) is 0 Å². The number of rotatable bonds is 5. The molecule has 110 valence electrons. The molecule has 0 fully saturated rings. The standard InChI is InChI=1S/C17H20N2OS/c1-12-3-5-14(6-4-12)10-19-17(20)11-21-16-8-7-15(18)9-13(16)2/h3-9H,10-11,18H2,1-2H3,(H,19,20). The minimum Gasteiger partial charge on any atom is -0.399 e. The lowest BCUT2D eigenvalue weighted by molar-refractivity contribution is -0.118. The van der Waals surface area contributed by atoms with Gasteiger partial charge in [0.25, 0.3) is 0 Å². The Labute approximate surface area is 129 Å². The molecule has 2 aromatic carbocycles. The summed E-state index contributed by atoms with van der Waals surface area (Å²) in [6.07, 6.45) is 0. The van der Waals surface area contributed by atoms with Crippen molar-refractivity contribution in [2.24, 2.45) is 0 Å². The minimum atomic E-state index is 0.0387. The van der Waals surface area contributed by atoms with Gasteiger partial charge in [0.2, 0.25) is 5.91 Å². The molecule has 0 aliphatic heterocycles. The molecule has 0 aliphatic rings. The van der Waals surface area contributed by atoms with Crippen LogP contribution in [-0.4, -0.2) is 11.7 Å². The normalized spacial score (nSPS) is 10.4. The Bertz CT molecular complexity index is 623. The lowest BCUT2D eigenvalue weighted by atomic mass is 10.1. The van der Waals surface area contributed by atoms with E-state index in [2.05, 4.69) is 5.32 Å². The van der Waals surface area contributed by atoms with Crippen LogP contribution in [0.2, 0.25) is 0 Å². The molecular formula is C17H20N2OS. The topological polar surface area (TPSA) is 55.1 Å². The zero-order chi connectivity index (χ0) is 15.2. The van der Waals surface area contributed by atoms with Crippen molar-refractivity contribution in [3.63, 3.8) is 0 Å². The number of amides is 1. The first-order valence-electron chi connectivity index (χ1n) is 6.86. The highest BCUT2D eigenvalue weighted by molar-refractivity contribution is 8.00. The molecule has 0 saturated heterocycles. The minimum absolute atomic E-state index is 0.0387. The van der Waals surface area contributed by atoms with Gasteiger partial charge in [0, 0.05) is 17.1 Å². The summed E-state index contributed by atoms with van der Waals surface area (Å²) in [5, 5.41) is 2.94. The number of carbonyl (C=O) groups is 1. The molecule has 0 heterocycles. The molecule has 0 atom stereocenters. The fourth-order valence-corrected chi connectivity index (χ4v) is 2.77. The molecule has 2 aromatic rings. The Morgan fingerprint density at radius 1 is 1.14 bits per heavy atom. The molecule has 0 aliphatic carbocycles. The van der Waals surface area contributed by atoms with E-state index in [0.29, 0.717) is 12.3 Å². The highest BCUT2D eigenvalue weighted by atomic mass is 32.2. The number of nitrogens with one attached hydrogen (secondary N) is 1. The van der Waals surface area contributed by atoms with E-state index in [1.807, 2.05) is 56.3 Å². The number of benzene rings is 2. The van der Waals surface area contributed by atoms with Crippen molar-refractivity contribution in [1.29, 1.82) is 0 Å². The van der Waals surface area contributed by atoms with Gasteiger partial charge in [-0.05, 0) is 43.2 Å². The molecule has 3 N–H and O–H groups in total. The maximum absolute atomic E-state index is 11.9. The third-order valence-electron chi connectivity index (χ3n) is 3.17. The number of aryl methyl sites for hydroxylation is 2. The van der Waals surface area contributed by atoms with E-state index in [4.69, 9.17) is 5.73 Å². The molecule has 21 heavy (non-hydrogen) atoms. The molecule has 0 radical (unpaired) electrons. The molecule has 0 saturated carbocycles. The fraction of sp³-hybridized carbons (Fsp3) is 0.235. The van der Waals surface area contributed by atoms with Crippen molar-refractivity contribution in [3.8, 4) is 0 Å². The van der Waals surface area contributed by atoms with Gasteiger partial charge in [-0.3, -0.25) is 4.79 Å². The highest BCUT2D eigenvalue weighted by Crippen LogP contribution is 2.23. The van der Waals surface area contributed by atoms with Gasteiger partial charge in [-0.2, -0.15) is 0 Å². The van der Waals surface area contributed by atoms with E-state index in [1.54, 1.807) is 0 Å². The summed E-state index contributed by atoms with van der Waals surface area (Å²) in [4.78, 5) is 13.0. The number of hydrogen-bond donors (Lipinski definition) is 2. The van der Waals surface area contributed by atoms with Crippen molar-refractivity contribution in [2.45, 2.75) is 25.3 Å². The summed E-state index contributed by atoms with van der Waals surface area (Å²) < 4.78 is 0. The molecule has 0 spiro atoms. The van der Waals surface area contributed by atoms with Crippen molar-refractivity contribution in [2.75, 3.05) is 11.5 Å². The number of carbonyl (C=O) groups excluding carboxylic acids is 1. The summed E-state index contributed by atoms with van der Waals surface area (Å²) in [5.41, 5.74) is 9.91. The van der Waals surface area contributed by atoms with Crippen LogP contribution in [0.15, 0.2) is 47.4 Å². The quantitative estimate of drug-likeness (QED) is 0.658. The lowest BCUT2D eigenvalue weighted by Gasteiger charge is -2.08. The number of anilines is 1. The average molecular weight is 300 g/mol. The zero-order valence-electron chi connectivity index (χ0n) is 12.3. The average Bonchev–Trinajstić information content (AvgIpc) is 2.46. The number of hydrogen-bond acceptors (Lipinski definition) is 3. The van der Waals surface area contributed by atoms with Gasteiger partial charge in [-0.25, -0.2) is 0 Å². The summed E-state index contributed by atoms with van der Waals surface area (Å²) in [6, 6.07) is 13.9. The predicted octanol–water partition coefficient (Wildman–Crippen LogP) is 3.29. The molecule has 4 heteroatoms. The monoisotopic (exact) mass is 300 g/mol. The van der Waals surface area contributed by atoms with E-state index in [-0.39, 0.29) is 5.91 Å². The number of nitrogen functional groups attached to an aromatic ring is 1.